The molecular weight excluding hydrogens is 198 g/mol. The Morgan fingerprint density at radius 3 is 2.75 bits per heavy atom. The number of rotatable bonds is 3. The normalized spacial score (nSPS) is 19.6. The van der Waals surface area contributed by atoms with E-state index in [1.807, 2.05) is 25.1 Å². The highest BCUT2D eigenvalue weighted by molar-refractivity contribution is 5.12. The molecule has 1 saturated carbocycles. The van der Waals surface area contributed by atoms with Gasteiger partial charge in [-0.15, -0.1) is 0 Å². The predicted octanol–water partition coefficient (Wildman–Crippen LogP) is 3.39. The Bertz CT molecular complexity index is 331. The van der Waals surface area contributed by atoms with Gasteiger partial charge in [-0.1, -0.05) is 38.2 Å². The second-order valence-corrected chi connectivity index (χ2v) is 4.96. The van der Waals surface area contributed by atoms with Crippen LogP contribution in [0.2, 0.25) is 0 Å². The molecule has 1 fully saturated rings. The Balaban J connectivity index is 1.94. The number of hydrogen-bond donors (Lipinski definition) is 1. The summed E-state index contributed by atoms with van der Waals surface area (Å²) in [4.78, 5) is 4.39. The van der Waals surface area contributed by atoms with Gasteiger partial charge in [0.25, 0.3) is 0 Å². The van der Waals surface area contributed by atoms with E-state index in [-0.39, 0.29) is 6.10 Å². The van der Waals surface area contributed by atoms with E-state index in [0.29, 0.717) is 5.92 Å². The first-order valence-corrected chi connectivity index (χ1v) is 6.37. The van der Waals surface area contributed by atoms with Crippen molar-refractivity contribution < 1.29 is 5.11 Å². The van der Waals surface area contributed by atoms with Crippen molar-refractivity contribution in [2.75, 3.05) is 0 Å². The van der Waals surface area contributed by atoms with E-state index in [1.54, 1.807) is 0 Å². The van der Waals surface area contributed by atoms with Crippen molar-refractivity contribution in [1.29, 1.82) is 0 Å². The van der Waals surface area contributed by atoms with Crippen LogP contribution in [-0.4, -0.2) is 10.1 Å². The molecule has 2 rings (SSSR count). The van der Waals surface area contributed by atoms with Crippen LogP contribution < -0.4 is 0 Å². The summed E-state index contributed by atoms with van der Waals surface area (Å²) in [6.07, 6.45) is 7.11. The van der Waals surface area contributed by atoms with Crippen molar-refractivity contribution in [1.82, 2.24) is 4.98 Å². The molecule has 1 atom stereocenters. The van der Waals surface area contributed by atoms with E-state index in [9.17, 15) is 5.11 Å². The van der Waals surface area contributed by atoms with E-state index >= 15 is 0 Å². The Hall–Kier alpha value is -0.890. The summed E-state index contributed by atoms with van der Waals surface area (Å²) >= 11 is 0. The SMILES string of the molecule is Cc1cccc(C(O)CC2CCCCC2)n1. The summed E-state index contributed by atoms with van der Waals surface area (Å²) in [5.41, 5.74) is 1.82. The third-order valence-corrected chi connectivity index (χ3v) is 3.53. The summed E-state index contributed by atoms with van der Waals surface area (Å²) in [5, 5.41) is 10.1. The average Bonchev–Trinajstić information content (AvgIpc) is 2.30. The minimum Gasteiger partial charge on any atom is -0.387 e. The number of aryl methyl sites for hydroxylation is 1. The Morgan fingerprint density at radius 2 is 2.06 bits per heavy atom. The highest BCUT2D eigenvalue weighted by atomic mass is 16.3. The number of aliphatic hydroxyl groups excluding tert-OH is 1. The predicted molar refractivity (Wildman–Crippen MR) is 65.1 cm³/mol. The molecular formula is C14H21NO. The average molecular weight is 219 g/mol. The second-order valence-electron chi connectivity index (χ2n) is 4.96. The fourth-order valence-corrected chi connectivity index (χ4v) is 2.61. The van der Waals surface area contributed by atoms with Crippen molar-refractivity contribution in [3.8, 4) is 0 Å². The van der Waals surface area contributed by atoms with Gasteiger partial charge in [0.1, 0.15) is 0 Å². The van der Waals surface area contributed by atoms with Crippen molar-refractivity contribution >= 4 is 0 Å². The van der Waals surface area contributed by atoms with E-state index in [1.165, 1.54) is 32.1 Å². The van der Waals surface area contributed by atoms with Crippen LogP contribution in [0.1, 0.15) is 56.0 Å². The fraction of sp³-hybridized carbons (Fsp3) is 0.643. The highest BCUT2D eigenvalue weighted by Crippen LogP contribution is 2.31. The van der Waals surface area contributed by atoms with Crippen molar-refractivity contribution in [3.05, 3.63) is 29.6 Å². The first-order chi connectivity index (χ1) is 7.75. The zero-order valence-corrected chi connectivity index (χ0v) is 10.0. The molecule has 2 nitrogen and oxygen atoms in total. The lowest BCUT2D eigenvalue weighted by atomic mass is 9.85. The van der Waals surface area contributed by atoms with E-state index in [0.717, 1.165) is 17.8 Å². The van der Waals surface area contributed by atoms with Crippen LogP contribution in [0.15, 0.2) is 18.2 Å². The van der Waals surface area contributed by atoms with Gasteiger partial charge >= 0.3 is 0 Å². The molecule has 88 valence electrons. The lowest BCUT2D eigenvalue weighted by Crippen LogP contribution is -2.12. The molecule has 0 radical (unpaired) electrons. The second kappa shape index (κ2) is 5.44. The lowest BCUT2D eigenvalue weighted by molar-refractivity contribution is 0.127. The molecule has 0 saturated heterocycles. The summed E-state index contributed by atoms with van der Waals surface area (Å²) < 4.78 is 0. The summed E-state index contributed by atoms with van der Waals surface area (Å²) in [6, 6.07) is 5.87. The molecule has 1 N–H and O–H groups in total. The van der Waals surface area contributed by atoms with Crippen molar-refractivity contribution in [2.45, 2.75) is 51.6 Å². The molecule has 1 aromatic rings. The standard InChI is InChI=1S/C14H21NO/c1-11-6-5-9-13(15-11)14(16)10-12-7-3-2-4-8-12/h5-6,9,12,14,16H,2-4,7-8,10H2,1H3. The molecule has 2 heteroatoms. The minimum atomic E-state index is -0.372. The van der Waals surface area contributed by atoms with Gasteiger partial charge in [0.2, 0.25) is 0 Å². The molecule has 1 unspecified atom stereocenters. The first-order valence-electron chi connectivity index (χ1n) is 6.37. The largest absolute Gasteiger partial charge is 0.387 e. The third kappa shape index (κ3) is 3.05. The van der Waals surface area contributed by atoms with E-state index < -0.39 is 0 Å². The van der Waals surface area contributed by atoms with Gasteiger partial charge in [0.05, 0.1) is 11.8 Å². The molecule has 1 aliphatic rings. The van der Waals surface area contributed by atoms with Crippen LogP contribution in [0.25, 0.3) is 0 Å². The molecule has 0 amide bonds. The lowest BCUT2D eigenvalue weighted by Gasteiger charge is -2.23. The number of aliphatic hydroxyl groups is 1. The third-order valence-electron chi connectivity index (χ3n) is 3.53. The van der Waals surface area contributed by atoms with Crippen LogP contribution in [0.5, 0.6) is 0 Å². The van der Waals surface area contributed by atoms with Gasteiger partial charge in [-0.3, -0.25) is 4.98 Å². The first kappa shape index (κ1) is 11.6. The maximum absolute atomic E-state index is 10.1. The van der Waals surface area contributed by atoms with Gasteiger partial charge in [-0.25, -0.2) is 0 Å². The smallest absolute Gasteiger partial charge is 0.0962 e. The van der Waals surface area contributed by atoms with Crippen LogP contribution in [0.4, 0.5) is 0 Å². The maximum atomic E-state index is 10.1. The summed E-state index contributed by atoms with van der Waals surface area (Å²) in [7, 11) is 0. The fourth-order valence-electron chi connectivity index (χ4n) is 2.61. The number of aromatic nitrogens is 1. The topological polar surface area (TPSA) is 33.1 Å². The quantitative estimate of drug-likeness (QED) is 0.845. The Morgan fingerprint density at radius 1 is 1.31 bits per heavy atom. The molecule has 16 heavy (non-hydrogen) atoms. The van der Waals surface area contributed by atoms with E-state index in [2.05, 4.69) is 4.98 Å². The van der Waals surface area contributed by atoms with Gasteiger partial charge in [0.15, 0.2) is 0 Å². The van der Waals surface area contributed by atoms with Crippen molar-refractivity contribution in [2.24, 2.45) is 5.92 Å². The molecule has 1 heterocycles. The van der Waals surface area contributed by atoms with E-state index in [4.69, 9.17) is 0 Å². The maximum Gasteiger partial charge on any atom is 0.0962 e. The van der Waals surface area contributed by atoms with Gasteiger partial charge < -0.3 is 5.11 Å². The number of nitrogens with zero attached hydrogens (tertiary/aromatic N) is 1. The molecule has 0 bridgehead atoms. The molecule has 0 aliphatic heterocycles. The van der Waals surface area contributed by atoms with Crippen LogP contribution in [0.3, 0.4) is 0 Å². The highest BCUT2D eigenvalue weighted by Gasteiger charge is 2.19. The summed E-state index contributed by atoms with van der Waals surface area (Å²) in [6.45, 7) is 1.97. The molecule has 1 aromatic heterocycles. The molecule has 0 spiro atoms. The zero-order chi connectivity index (χ0) is 11.4. The summed E-state index contributed by atoms with van der Waals surface area (Å²) in [5.74, 6) is 0.700. The minimum absolute atomic E-state index is 0.372. The van der Waals surface area contributed by atoms with Crippen molar-refractivity contribution in [3.63, 3.8) is 0 Å². The molecule has 0 aromatic carbocycles. The van der Waals surface area contributed by atoms with Crippen LogP contribution in [-0.2, 0) is 0 Å². The van der Waals surface area contributed by atoms with Gasteiger partial charge in [-0.05, 0) is 31.4 Å². The zero-order valence-electron chi connectivity index (χ0n) is 10.0. The Labute approximate surface area is 97.7 Å². The van der Waals surface area contributed by atoms with Crippen LogP contribution in [0, 0.1) is 12.8 Å². The van der Waals surface area contributed by atoms with Crippen LogP contribution >= 0.6 is 0 Å². The monoisotopic (exact) mass is 219 g/mol. The van der Waals surface area contributed by atoms with Gasteiger partial charge in [0, 0.05) is 5.69 Å². The van der Waals surface area contributed by atoms with Gasteiger partial charge in [-0.2, -0.15) is 0 Å². The molecule has 1 aliphatic carbocycles. The number of hydrogen-bond acceptors (Lipinski definition) is 2. The number of pyridine rings is 1. The Kier molecular flexibility index (Phi) is 3.94.